The second-order valence-corrected chi connectivity index (χ2v) is 6.65. The summed E-state index contributed by atoms with van der Waals surface area (Å²) >= 11 is 1.66. The average Bonchev–Trinajstić information content (AvgIpc) is 2.62. The average molecular weight is 376 g/mol. The minimum absolute atomic E-state index is 0.221. The number of alkyl halides is 3. The molecule has 0 heterocycles. The van der Waals surface area contributed by atoms with E-state index in [0.29, 0.717) is 11.3 Å². The van der Waals surface area contributed by atoms with Gasteiger partial charge >= 0.3 is 6.36 Å². The summed E-state index contributed by atoms with van der Waals surface area (Å²) in [6, 6.07) is 17.4. The van der Waals surface area contributed by atoms with Crippen molar-refractivity contribution in [1.29, 1.82) is 0 Å². The molecule has 0 saturated carbocycles. The fourth-order valence-corrected chi connectivity index (χ4v) is 3.68. The molecule has 134 valence electrons. The van der Waals surface area contributed by atoms with Crippen LogP contribution in [0.25, 0.3) is 10.8 Å². The molecule has 3 aromatic carbocycles. The predicted octanol–water partition coefficient (Wildman–Crippen LogP) is 5.98. The summed E-state index contributed by atoms with van der Waals surface area (Å²) in [6.45, 7) is 0. The Morgan fingerprint density at radius 2 is 1.58 bits per heavy atom. The number of hydrogen-bond acceptors (Lipinski definition) is 3. The van der Waals surface area contributed by atoms with Crippen molar-refractivity contribution in [1.82, 2.24) is 0 Å². The highest BCUT2D eigenvalue weighted by atomic mass is 32.2. The van der Waals surface area contributed by atoms with Crippen LogP contribution in [-0.4, -0.2) is 12.6 Å². The van der Waals surface area contributed by atoms with E-state index in [1.165, 1.54) is 12.1 Å². The van der Waals surface area contributed by atoms with Crippen LogP contribution in [0.2, 0.25) is 0 Å². The lowest BCUT2D eigenvalue weighted by Gasteiger charge is -2.10. The van der Waals surface area contributed by atoms with Gasteiger partial charge in [-0.25, -0.2) is 0 Å². The Morgan fingerprint density at radius 1 is 0.885 bits per heavy atom. The fourth-order valence-electron chi connectivity index (χ4n) is 2.68. The van der Waals surface area contributed by atoms with E-state index in [0.717, 1.165) is 33.9 Å². The Bertz CT molecular complexity index is 905. The van der Waals surface area contributed by atoms with Gasteiger partial charge in [-0.05, 0) is 34.0 Å². The van der Waals surface area contributed by atoms with Crippen LogP contribution in [0.5, 0.6) is 5.75 Å². The summed E-state index contributed by atoms with van der Waals surface area (Å²) in [5.74, 6) is 1.18. The smallest absolute Gasteiger partial charge is 0.406 e. The second-order valence-electron chi connectivity index (χ2n) is 5.66. The van der Waals surface area contributed by atoms with Crippen LogP contribution in [0.3, 0.4) is 0 Å². The first kappa shape index (κ1) is 18.3. The first-order chi connectivity index (χ1) is 12.5. The maximum atomic E-state index is 12.2. The van der Waals surface area contributed by atoms with Gasteiger partial charge in [-0.3, -0.25) is 4.79 Å². The Balaban J connectivity index is 1.65. The van der Waals surface area contributed by atoms with Crippen LogP contribution < -0.4 is 4.74 Å². The molecule has 0 aromatic heterocycles. The normalized spacial score (nSPS) is 11.5. The van der Waals surface area contributed by atoms with Crippen molar-refractivity contribution >= 4 is 28.8 Å². The van der Waals surface area contributed by atoms with Crippen LogP contribution in [0.15, 0.2) is 60.7 Å². The van der Waals surface area contributed by atoms with Crippen LogP contribution in [0.1, 0.15) is 21.5 Å². The molecule has 0 radical (unpaired) electrons. The predicted molar refractivity (Wildman–Crippen MR) is 97.5 cm³/mol. The van der Waals surface area contributed by atoms with Crippen LogP contribution in [0, 0.1) is 0 Å². The monoisotopic (exact) mass is 376 g/mol. The molecule has 0 atom stereocenters. The van der Waals surface area contributed by atoms with E-state index in [1.807, 2.05) is 36.4 Å². The van der Waals surface area contributed by atoms with Gasteiger partial charge in [0.05, 0.1) is 0 Å². The lowest BCUT2D eigenvalue weighted by molar-refractivity contribution is -0.274. The lowest BCUT2D eigenvalue weighted by Crippen LogP contribution is -2.16. The molecule has 0 amide bonds. The zero-order valence-corrected chi connectivity index (χ0v) is 14.4. The largest absolute Gasteiger partial charge is 0.573 e. The first-order valence-corrected chi connectivity index (χ1v) is 9.00. The van der Waals surface area contributed by atoms with Crippen LogP contribution in [0.4, 0.5) is 13.2 Å². The van der Waals surface area contributed by atoms with E-state index >= 15 is 0 Å². The number of ether oxygens (including phenoxy) is 1. The minimum atomic E-state index is -4.68. The molecule has 0 aliphatic heterocycles. The molecule has 26 heavy (non-hydrogen) atoms. The summed E-state index contributed by atoms with van der Waals surface area (Å²) in [5, 5.41) is 1.97. The van der Waals surface area contributed by atoms with Crippen molar-refractivity contribution in [3.63, 3.8) is 0 Å². The molecular weight excluding hydrogens is 361 g/mol. The zero-order chi connectivity index (χ0) is 18.6. The van der Waals surface area contributed by atoms with Crippen molar-refractivity contribution in [3.8, 4) is 5.75 Å². The molecule has 0 spiro atoms. The van der Waals surface area contributed by atoms with Crippen molar-refractivity contribution in [3.05, 3.63) is 77.4 Å². The van der Waals surface area contributed by atoms with Crippen molar-refractivity contribution in [2.45, 2.75) is 17.9 Å². The van der Waals surface area contributed by atoms with Crippen molar-refractivity contribution < 1.29 is 22.7 Å². The standard InChI is InChI=1S/C20H15F3O2S/c21-20(22,23)25-17-9-5-14(6-10-17)12-26-13-16-8-7-15(11-24)18-3-1-2-4-19(16)18/h1-11H,12-13H2. The number of carbonyl (C=O) groups excluding carboxylic acids is 1. The number of rotatable bonds is 6. The molecule has 0 unspecified atom stereocenters. The van der Waals surface area contributed by atoms with Gasteiger partial charge in [0.25, 0.3) is 0 Å². The Morgan fingerprint density at radius 3 is 2.23 bits per heavy atom. The van der Waals surface area contributed by atoms with Gasteiger partial charge in [0, 0.05) is 17.1 Å². The minimum Gasteiger partial charge on any atom is -0.406 e. The van der Waals surface area contributed by atoms with Gasteiger partial charge < -0.3 is 4.74 Å². The molecule has 2 nitrogen and oxygen atoms in total. The number of halogens is 3. The van der Waals surface area contributed by atoms with Crippen LogP contribution in [-0.2, 0) is 11.5 Å². The number of fused-ring (bicyclic) bond motifs is 1. The fraction of sp³-hybridized carbons (Fsp3) is 0.150. The molecule has 3 rings (SSSR count). The topological polar surface area (TPSA) is 26.3 Å². The van der Waals surface area contributed by atoms with Gasteiger partial charge in [-0.2, -0.15) is 11.8 Å². The third-order valence-corrected chi connectivity index (χ3v) is 4.91. The molecule has 0 bridgehead atoms. The number of carbonyl (C=O) groups is 1. The molecule has 0 fully saturated rings. The van der Waals surface area contributed by atoms with E-state index in [1.54, 1.807) is 23.9 Å². The SMILES string of the molecule is O=Cc1ccc(CSCc2ccc(OC(F)(F)F)cc2)c2ccccc12. The highest BCUT2D eigenvalue weighted by Crippen LogP contribution is 2.28. The van der Waals surface area contributed by atoms with E-state index in [-0.39, 0.29) is 5.75 Å². The molecule has 0 aliphatic carbocycles. The quantitative estimate of drug-likeness (QED) is 0.495. The Labute approximate surface area is 153 Å². The summed E-state index contributed by atoms with van der Waals surface area (Å²) < 4.78 is 40.4. The molecule has 3 aromatic rings. The van der Waals surface area contributed by atoms with Gasteiger partial charge in [0.1, 0.15) is 5.75 Å². The number of aldehydes is 1. The van der Waals surface area contributed by atoms with Gasteiger partial charge in [-0.15, -0.1) is 13.2 Å². The second kappa shape index (κ2) is 7.83. The molecule has 0 N–H and O–H groups in total. The summed E-state index contributed by atoms with van der Waals surface area (Å²) in [6.07, 6.45) is -3.82. The summed E-state index contributed by atoms with van der Waals surface area (Å²) in [4.78, 5) is 11.2. The van der Waals surface area contributed by atoms with E-state index < -0.39 is 6.36 Å². The highest BCUT2D eigenvalue weighted by Gasteiger charge is 2.30. The van der Waals surface area contributed by atoms with Crippen molar-refractivity contribution in [2.24, 2.45) is 0 Å². The number of hydrogen-bond donors (Lipinski definition) is 0. The molecule has 0 saturated heterocycles. The summed E-state index contributed by atoms with van der Waals surface area (Å²) in [5.41, 5.74) is 2.70. The zero-order valence-electron chi connectivity index (χ0n) is 13.6. The summed E-state index contributed by atoms with van der Waals surface area (Å²) in [7, 11) is 0. The van der Waals surface area contributed by atoms with E-state index in [4.69, 9.17) is 0 Å². The van der Waals surface area contributed by atoms with E-state index in [2.05, 4.69) is 4.74 Å². The maximum absolute atomic E-state index is 12.2. The number of benzene rings is 3. The van der Waals surface area contributed by atoms with Crippen molar-refractivity contribution in [2.75, 3.05) is 0 Å². The lowest BCUT2D eigenvalue weighted by atomic mass is 10.0. The van der Waals surface area contributed by atoms with Gasteiger partial charge in [0.15, 0.2) is 6.29 Å². The van der Waals surface area contributed by atoms with Gasteiger partial charge in [0.2, 0.25) is 0 Å². The Kier molecular flexibility index (Phi) is 5.52. The third-order valence-electron chi connectivity index (χ3n) is 3.86. The van der Waals surface area contributed by atoms with Crippen LogP contribution >= 0.6 is 11.8 Å². The maximum Gasteiger partial charge on any atom is 0.573 e. The highest BCUT2D eigenvalue weighted by molar-refractivity contribution is 7.97. The molecule has 0 aliphatic rings. The molecular formula is C20H15F3O2S. The third kappa shape index (κ3) is 4.58. The first-order valence-electron chi connectivity index (χ1n) is 7.84. The Hall–Kier alpha value is -2.47. The molecule has 6 heteroatoms. The van der Waals surface area contributed by atoms with E-state index in [9.17, 15) is 18.0 Å². The van der Waals surface area contributed by atoms with Gasteiger partial charge in [-0.1, -0.05) is 48.5 Å². The number of thioether (sulfide) groups is 1.